The number of amides is 1. The lowest BCUT2D eigenvalue weighted by Gasteiger charge is -2.28. The first-order valence-electron chi connectivity index (χ1n) is 9.51. The van der Waals surface area contributed by atoms with Crippen molar-refractivity contribution in [2.24, 2.45) is 0 Å². The zero-order valence-electron chi connectivity index (χ0n) is 18.1. The number of nitrogens with one attached hydrogen (secondary N) is 1. The molecule has 1 heterocycles. The van der Waals surface area contributed by atoms with E-state index in [2.05, 4.69) is 60.7 Å². The van der Waals surface area contributed by atoms with Gasteiger partial charge >= 0.3 is 0 Å². The minimum absolute atomic E-state index is 0.0286. The standard InChI is InChI=1S/C22H34N2O2S/c1-13(2)23-20-24(9)19(26)17(27-20)12-14-10-15(21(3,4)5)18(25)16(11-14)22(6,7)8/h10-13,20,23,25H,1-9H3. The van der Waals surface area contributed by atoms with Gasteiger partial charge in [0.2, 0.25) is 0 Å². The molecule has 1 atom stereocenters. The van der Waals surface area contributed by atoms with Crippen molar-refractivity contribution in [2.45, 2.75) is 77.8 Å². The number of carbonyl (C=O) groups excluding carboxylic acids is 1. The molecule has 1 aromatic rings. The number of phenols is 1. The number of hydrogen-bond donors (Lipinski definition) is 2. The number of likely N-dealkylation sites (N-methyl/N-ethyl adjacent to an activating group) is 1. The highest BCUT2D eigenvalue weighted by Gasteiger charge is 2.34. The molecule has 0 saturated carbocycles. The van der Waals surface area contributed by atoms with Crippen molar-refractivity contribution in [2.75, 3.05) is 7.05 Å². The van der Waals surface area contributed by atoms with E-state index in [0.717, 1.165) is 21.6 Å². The van der Waals surface area contributed by atoms with E-state index in [4.69, 9.17) is 0 Å². The van der Waals surface area contributed by atoms with Crippen molar-refractivity contribution in [3.05, 3.63) is 33.7 Å². The summed E-state index contributed by atoms with van der Waals surface area (Å²) in [5.74, 6) is 0.389. The Kier molecular flexibility index (Phi) is 6.08. The van der Waals surface area contributed by atoms with Crippen LogP contribution in [0.3, 0.4) is 0 Å². The smallest absolute Gasteiger partial charge is 0.262 e. The predicted octanol–water partition coefficient (Wildman–Crippen LogP) is 4.81. The number of carbonyl (C=O) groups is 1. The van der Waals surface area contributed by atoms with Gasteiger partial charge in [-0.3, -0.25) is 10.1 Å². The molecular weight excluding hydrogens is 356 g/mol. The van der Waals surface area contributed by atoms with E-state index in [-0.39, 0.29) is 22.2 Å². The SMILES string of the molecule is CC(C)NC1SC(=Cc2cc(C(C)(C)C)c(O)c(C(C)(C)C)c2)C(=O)N1C. The molecule has 27 heavy (non-hydrogen) atoms. The highest BCUT2D eigenvalue weighted by molar-refractivity contribution is 8.05. The molecule has 0 spiro atoms. The fraction of sp³-hybridized carbons (Fsp3) is 0.591. The van der Waals surface area contributed by atoms with Gasteiger partial charge in [-0.15, -0.1) is 0 Å². The number of aromatic hydroxyl groups is 1. The molecule has 5 heteroatoms. The van der Waals surface area contributed by atoms with Gasteiger partial charge in [-0.05, 0) is 48.4 Å². The summed E-state index contributed by atoms with van der Waals surface area (Å²) in [5.41, 5.74) is 2.33. The van der Waals surface area contributed by atoms with Crippen LogP contribution in [0, 0.1) is 0 Å². The van der Waals surface area contributed by atoms with Crippen LogP contribution in [0.25, 0.3) is 6.08 Å². The van der Waals surface area contributed by atoms with Crippen LogP contribution in [-0.2, 0) is 15.6 Å². The molecule has 0 aliphatic carbocycles. The summed E-state index contributed by atoms with van der Waals surface area (Å²) in [6.07, 6.45) is 1.95. The summed E-state index contributed by atoms with van der Waals surface area (Å²) in [5, 5.41) is 14.3. The molecule has 2 N–H and O–H groups in total. The molecule has 0 aromatic heterocycles. The van der Waals surface area contributed by atoms with Crippen LogP contribution in [0.4, 0.5) is 0 Å². The Morgan fingerprint density at radius 2 is 1.59 bits per heavy atom. The van der Waals surface area contributed by atoms with Crippen LogP contribution >= 0.6 is 11.8 Å². The maximum atomic E-state index is 12.7. The topological polar surface area (TPSA) is 52.6 Å². The second-order valence-corrected chi connectivity index (χ2v) is 10.8. The predicted molar refractivity (Wildman–Crippen MR) is 116 cm³/mol. The van der Waals surface area contributed by atoms with Crippen molar-refractivity contribution in [3.8, 4) is 5.75 Å². The number of hydrogen-bond acceptors (Lipinski definition) is 4. The van der Waals surface area contributed by atoms with Crippen LogP contribution in [-0.4, -0.2) is 34.5 Å². The molecular formula is C22H34N2O2S. The highest BCUT2D eigenvalue weighted by atomic mass is 32.2. The third kappa shape index (κ3) is 4.88. The quantitative estimate of drug-likeness (QED) is 0.727. The lowest BCUT2D eigenvalue weighted by Crippen LogP contribution is -2.42. The van der Waals surface area contributed by atoms with Gasteiger partial charge in [-0.1, -0.05) is 53.3 Å². The number of phenolic OH excluding ortho intramolecular Hbond substituents is 1. The van der Waals surface area contributed by atoms with Crippen molar-refractivity contribution < 1.29 is 9.90 Å². The second kappa shape index (κ2) is 7.51. The van der Waals surface area contributed by atoms with E-state index in [0.29, 0.717) is 11.8 Å². The number of thioether (sulfide) groups is 1. The molecule has 1 aromatic carbocycles. The van der Waals surface area contributed by atoms with Gasteiger partial charge in [0.05, 0.1) is 4.91 Å². The monoisotopic (exact) mass is 390 g/mol. The summed E-state index contributed by atoms with van der Waals surface area (Å²) in [6.45, 7) is 16.7. The summed E-state index contributed by atoms with van der Waals surface area (Å²) < 4.78 is 0. The van der Waals surface area contributed by atoms with Gasteiger partial charge in [0, 0.05) is 24.2 Å². The van der Waals surface area contributed by atoms with E-state index in [1.165, 1.54) is 0 Å². The first-order valence-corrected chi connectivity index (χ1v) is 10.4. The zero-order chi connectivity index (χ0) is 20.7. The Morgan fingerprint density at radius 3 is 2.00 bits per heavy atom. The van der Waals surface area contributed by atoms with Crippen LogP contribution < -0.4 is 5.32 Å². The van der Waals surface area contributed by atoms with Crippen LogP contribution in [0.2, 0.25) is 0 Å². The molecule has 1 fully saturated rings. The Labute approximate surface area is 168 Å². The third-order valence-corrected chi connectivity index (χ3v) is 5.87. The third-order valence-electron chi connectivity index (χ3n) is 4.64. The van der Waals surface area contributed by atoms with Crippen molar-refractivity contribution in [3.63, 3.8) is 0 Å². The van der Waals surface area contributed by atoms with Crippen molar-refractivity contribution in [1.82, 2.24) is 10.2 Å². The molecule has 1 saturated heterocycles. The minimum atomic E-state index is -0.191. The van der Waals surface area contributed by atoms with Gasteiger partial charge in [-0.2, -0.15) is 0 Å². The minimum Gasteiger partial charge on any atom is -0.507 e. The van der Waals surface area contributed by atoms with Crippen LogP contribution in [0.5, 0.6) is 5.75 Å². The lowest BCUT2D eigenvalue weighted by molar-refractivity contribution is -0.125. The van der Waals surface area contributed by atoms with Crippen LogP contribution in [0.1, 0.15) is 72.1 Å². The maximum absolute atomic E-state index is 12.7. The van der Waals surface area contributed by atoms with Crippen molar-refractivity contribution in [1.29, 1.82) is 0 Å². The summed E-state index contributed by atoms with van der Waals surface area (Å²) >= 11 is 1.54. The molecule has 1 aliphatic rings. The van der Waals surface area contributed by atoms with Gasteiger partial charge in [0.1, 0.15) is 11.2 Å². The molecule has 4 nitrogen and oxygen atoms in total. The van der Waals surface area contributed by atoms with Gasteiger partial charge in [-0.25, -0.2) is 0 Å². The average Bonchev–Trinajstić information content (AvgIpc) is 2.74. The first kappa shape index (κ1) is 21.8. The van der Waals surface area contributed by atoms with E-state index in [1.54, 1.807) is 16.7 Å². The Bertz CT molecular complexity index is 720. The van der Waals surface area contributed by atoms with Gasteiger partial charge in [0.25, 0.3) is 5.91 Å². The Morgan fingerprint density at radius 1 is 1.11 bits per heavy atom. The summed E-state index contributed by atoms with van der Waals surface area (Å²) in [6, 6.07) is 4.31. The van der Waals surface area contributed by atoms with Gasteiger partial charge < -0.3 is 10.0 Å². The zero-order valence-corrected chi connectivity index (χ0v) is 18.9. The molecule has 2 rings (SSSR count). The van der Waals surface area contributed by atoms with Crippen LogP contribution in [0.15, 0.2) is 17.0 Å². The maximum Gasteiger partial charge on any atom is 0.262 e. The fourth-order valence-corrected chi connectivity index (χ4v) is 4.38. The average molecular weight is 391 g/mol. The molecule has 0 bridgehead atoms. The summed E-state index contributed by atoms with van der Waals surface area (Å²) in [4.78, 5) is 15.1. The molecule has 1 aliphatic heterocycles. The highest BCUT2D eigenvalue weighted by Crippen LogP contribution is 2.41. The van der Waals surface area contributed by atoms with Crippen molar-refractivity contribution >= 4 is 23.7 Å². The van der Waals surface area contributed by atoms with E-state index in [1.807, 2.05) is 25.3 Å². The molecule has 1 unspecified atom stereocenters. The van der Waals surface area contributed by atoms with E-state index < -0.39 is 0 Å². The number of benzene rings is 1. The Hall–Kier alpha value is -1.46. The molecule has 150 valence electrons. The molecule has 0 radical (unpaired) electrons. The fourth-order valence-electron chi connectivity index (χ4n) is 3.09. The lowest BCUT2D eigenvalue weighted by atomic mass is 9.78. The second-order valence-electron chi connectivity index (χ2n) is 9.68. The largest absolute Gasteiger partial charge is 0.507 e. The number of nitrogens with zero attached hydrogens (tertiary/aromatic N) is 1. The van der Waals surface area contributed by atoms with Gasteiger partial charge in [0.15, 0.2) is 0 Å². The number of rotatable bonds is 3. The van der Waals surface area contributed by atoms with E-state index >= 15 is 0 Å². The van der Waals surface area contributed by atoms with E-state index in [9.17, 15) is 9.90 Å². The first-order chi connectivity index (χ1) is 12.2. The normalized spacial score (nSPS) is 20.2. The molecule has 1 amide bonds. The summed E-state index contributed by atoms with van der Waals surface area (Å²) in [7, 11) is 1.83. The Balaban J connectivity index is 2.53.